The molecular weight excluding hydrogens is 284 g/mol. The summed E-state index contributed by atoms with van der Waals surface area (Å²) in [7, 11) is 0. The second-order valence-corrected chi connectivity index (χ2v) is 7.89. The molecule has 2 N–H and O–H groups in total. The summed E-state index contributed by atoms with van der Waals surface area (Å²) in [4.78, 5) is 17.9. The average molecular weight is 308 g/mol. The number of piperidine rings is 1. The van der Waals surface area contributed by atoms with Crippen LogP contribution in [0, 0.1) is 0 Å². The van der Waals surface area contributed by atoms with Gasteiger partial charge in [-0.15, -0.1) is 0 Å². The number of hydrogen-bond acceptors (Lipinski definition) is 7. The van der Waals surface area contributed by atoms with Gasteiger partial charge in [0.25, 0.3) is 0 Å². The predicted octanol–water partition coefficient (Wildman–Crippen LogP) is 1.77. The van der Waals surface area contributed by atoms with Crippen LogP contribution in [0.2, 0.25) is 0 Å². The smallest absolute Gasteiger partial charge is 0.232 e. The average Bonchev–Trinajstić information content (AvgIpc) is 2.46. The lowest BCUT2D eigenvalue weighted by molar-refractivity contribution is 0.567. The van der Waals surface area contributed by atoms with E-state index in [-0.39, 0.29) is 0 Å². The Labute approximate surface area is 130 Å². The zero-order chi connectivity index (χ0) is 14.8. The third-order valence-corrected chi connectivity index (χ3v) is 5.20. The minimum atomic E-state index is 0.333. The molecule has 3 rings (SSSR count). The lowest BCUT2D eigenvalue weighted by atomic mass is 10.1. The molecule has 3 heterocycles. The lowest BCUT2D eigenvalue weighted by Gasteiger charge is -2.35. The summed E-state index contributed by atoms with van der Waals surface area (Å²) in [5.41, 5.74) is 5.92. The Morgan fingerprint density at radius 3 is 2.10 bits per heavy atom. The van der Waals surface area contributed by atoms with Crippen molar-refractivity contribution in [2.24, 2.45) is 0 Å². The molecule has 1 aromatic heterocycles. The van der Waals surface area contributed by atoms with Crippen molar-refractivity contribution >= 4 is 29.6 Å². The van der Waals surface area contributed by atoms with Gasteiger partial charge in [-0.25, -0.2) is 0 Å². The number of anilines is 3. The van der Waals surface area contributed by atoms with Crippen molar-refractivity contribution < 1.29 is 0 Å². The summed E-state index contributed by atoms with van der Waals surface area (Å²) in [6.07, 6.45) is 3.70. The van der Waals surface area contributed by atoms with Crippen LogP contribution in [-0.2, 0) is 0 Å². The van der Waals surface area contributed by atoms with E-state index in [4.69, 9.17) is 10.7 Å². The molecule has 2 aliphatic heterocycles. The van der Waals surface area contributed by atoms with Crippen molar-refractivity contribution in [1.82, 2.24) is 15.0 Å². The van der Waals surface area contributed by atoms with E-state index in [0.717, 1.165) is 38.1 Å². The highest BCUT2D eigenvalue weighted by Crippen LogP contribution is 2.28. The minimum absolute atomic E-state index is 0.333. The second kappa shape index (κ2) is 6.25. The van der Waals surface area contributed by atoms with Crippen LogP contribution in [0.4, 0.5) is 17.8 Å². The Morgan fingerprint density at radius 1 is 0.905 bits per heavy atom. The van der Waals surface area contributed by atoms with E-state index in [2.05, 4.69) is 33.6 Å². The van der Waals surface area contributed by atoms with Crippen LogP contribution in [-0.4, -0.2) is 51.6 Å². The van der Waals surface area contributed by atoms with Gasteiger partial charge in [0.1, 0.15) is 0 Å². The van der Waals surface area contributed by atoms with Crippen molar-refractivity contribution in [2.45, 2.75) is 43.6 Å². The highest BCUT2D eigenvalue weighted by molar-refractivity contribution is 8.00. The van der Waals surface area contributed by atoms with E-state index in [1.807, 2.05) is 11.8 Å². The van der Waals surface area contributed by atoms with Crippen LogP contribution in [0.3, 0.4) is 0 Å². The number of nitrogens with zero attached hydrogens (tertiary/aromatic N) is 5. The van der Waals surface area contributed by atoms with Crippen LogP contribution in [0.1, 0.15) is 33.1 Å². The van der Waals surface area contributed by atoms with Gasteiger partial charge in [-0.1, -0.05) is 13.8 Å². The fourth-order valence-electron chi connectivity index (χ4n) is 3.09. The van der Waals surface area contributed by atoms with Crippen molar-refractivity contribution in [1.29, 1.82) is 0 Å². The molecule has 0 aromatic carbocycles. The molecule has 0 bridgehead atoms. The highest BCUT2D eigenvalue weighted by atomic mass is 32.2. The molecule has 2 saturated heterocycles. The predicted molar refractivity (Wildman–Crippen MR) is 89.0 cm³/mol. The molecule has 2 atom stereocenters. The normalized spacial score (nSPS) is 27.0. The molecule has 0 radical (unpaired) electrons. The maximum absolute atomic E-state index is 5.92. The molecule has 0 saturated carbocycles. The fourth-order valence-corrected chi connectivity index (χ4v) is 4.41. The SMILES string of the molecule is CC1CN(c2nc(N)nc(N3CCCCC3)n2)CC(C)S1. The summed E-state index contributed by atoms with van der Waals surface area (Å²) in [6.45, 7) is 8.49. The second-order valence-electron chi connectivity index (χ2n) is 6.00. The van der Waals surface area contributed by atoms with Gasteiger partial charge in [0.2, 0.25) is 17.8 Å². The van der Waals surface area contributed by atoms with Gasteiger partial charge in [-0.2, -0.15) is 26.7 Å². The molecule has 7 heteroatoms. The summed E-state index contributed by atoms with van der Waals surface area (Å²) in [5, 5.41) is 1.18. The first-order valence-corrected chi connectivity index (χ1v) is 8.73. The molecule has 21 heavy (non-hydrogen) atoms. The van der Waals surface area contributed by atoms with Crippen LogP contribution in [0.5, 0.6) is 0 Å². The third-order valence-electron chi connectivity index (χ3n) is 3.97. The van der Waals surface area contributed by atoms with Gasteiger partial charge in [0.05, 0.1) is 0 Å². The monoisotopic (exact) mass is 308 g/mol. The molecule has 0 aliphatic carbocycles. The number of rotatable bonds is 2. The van der Waals surface area contributed by atoms with Gasteiger partial charge in [0, 0.05) is 36.7 Å². The molecule has 6 nitrogen and oxygen atoms in total. The van der Waals surface area contributed by atoms with Gasteiger partial charge in [-0.3, -0.25) is 0 Å². The maximum Gasteiger partial charge on any atom is 0.232 e. The summed E-state index contributed by atoms with van der Waals surface area (Å²) < 4.78 is 0. The Hall–Kier alpha value is -1.24. The molecule has 2 fully saturated rings. The number of thioether (sulfide) groups is 1. The van der Waals surface area contributed by atoms with Gasteiger partial charge in [0.15, 0.2) is 0 Å². The first-order chi connectivity index (χ1) is 10.1. The number of hydrogen-bond donors (Lipinski definition) is 1. The Kier molecular flexibility index (Phi) is 4.37. The fraction of sp³-hybridized carbons (Fsp3) is 0.786. The number of aromatic nitrogens is 3. The van der Waals surface area contributed by atoms with Crippen molar-refractivity contribution in [3.8, 4) is 0 Å². The molecule has 0 amide bonds. The van der Waals surface area contributed by atoms with Crippen LogP contribution < -0.4 is 15.5 Å². The van der Waals surface area contributed by atoms with Crippen molar-refractivity contribution in [3.05, 3.63) is 0 Å². The quantitative estimate of drug-likeness (QED) is 0.892. The Balaban J connectivity index is 1.83. The first kappa shape index (κ1) is 14.7. The zero-order valence-electron chi connectivity index (χ0n) is 12.8. The van der Waals surface area contributed by atoms with E-state index >= 15 is 0 Å². The van der Waals surface area contributed by atoms with Gasteiger partial charge < -0.3 is 15.5 Å². The Morgan fingerprint density at radius 2 is 1.48 bits per heavy atom. The summed E-state index contributed by atoms with van der Waals surface area (Å²) in [6, 6.07) is 0. The topological polar surface area (TPSA) is 71.2 Å². The minimum Gasteiger partial charge on any atom is -0.368 e. The molecule has 1 aromatic rings. The first-order valence-electron chi connectivity index (χ1n) is 7.79. The highest BCUT2D eigenvalue weighted by Gasteiger charge is 2.25. The maximum atomic E-state index is 5.92. The summed E-state index contributed by atoms with van der Waals surface area (Å²) in [5.74, 6) is 1.82. The lowest BCUT2D eigenvalue weighted by Crippen LogP contribution is -2.42. The van der Waals surface area contributed by atoms with Crippen LogP contribution >= 0.6 is 11.8 Å². The molecular formula is C14H24N6S. The van der Waals surface area contributed by atoms with E-state index in [0.29, 0.717) is 16.4 Å². The third kappa shape index (κ3) is 3.51. The largest absolute Gasteiger partial charge is 0.368 e. The Bertz CT molecular complexity index is 480. The molecule has 116 valence electrons. The van der Waals surface area contributed by atoms with Crippen molar-refractivity contribution in [3.63, 3.8) is 0 Å². The zero-order valence-corrected chi connectivity index (χ0v) is 13.6. The molecule has 2 aliphatic rings. The van der Waals surface area contributed by atoms with Crippen molar-refractivity contribution in [2.75, 3.05) is 41.7 Å². The van der Waals surface area contributed by atoms with Gasteiger partial charge >= 0.3 is 0 Å². The molecule has 0 spiro atoms. The molecule has 2 unspecified atom stereocenters. The van der Waals surface area contributed by atoms with Crippen LogP contribution in [0.15, 0.2) is 0 Å². The number of nitrogens with two attached hydrogens (primary N) is 1. The van der Waals surface area contributed by atoms with E-state index < -0.39 is 0 Å². The number of nitrogen functional groups attached to an aromatic ring is 1. The summed E-state index contributed by atoms with van der Waals surface area (Å²) >= 11 is 2.02. The van der Waals surface area contributed by atoms with Crippen LogP contribution in [0.25, 0.3) is 0 Å². The van der Waals surface area contributed by atoms with Gasteiger partial charge in [-0.05, 0) is 19.3 Å². The van der Waals surface area contributed by atoms with E-state index in [1.54, 1.807) is 0 Å². The standard InChI is InChI=1S/C14H24N6S/c1-10-8-20(9-11(2)21-10)14-17-12(15)16-13(18-14)19-6-4-3-5-7-19/h10-11H,3-9H2,1-2H3,(H2,15,16,17,18). The van der Waals surface area contributed by atoms with E-state index in [9.17, 15) is 0 Å². The van der Waals surface area contributed by atoms with E-state index in [1.165, 1.54) is 19.3 Å².